The van der Waals surface area contributed by atoms with Crippen molar-refractivity contribution in [1.82, 2.24) is 10.2 Å². The number of halogens is 2. The van der Waals surface area contributed by atoms with Gasteiger partial charge in [0.15, 0.2) is 5.96 Å². The van der Waals surface area contributed by atoms with E-state index in [1.54, 1.807) is 12.1 Å². The molecule has 0 bridgehead atoms. The van der Waals surface area contributed by atoms with Crippen molar-refractivity contribution in [2.75, 3.05) is 32.8 Å². The Bertz CT molecular complexity index is 580. The lowest BCUT2D eigenvalue weighted by Gasteiger charge is -2.39. The van der Waals surface area contributed by atoms with E-state index >= 15 is 0 Å². The van der Waals surface area contributed by atoms with Crippen LogP contribution >= 0.6 is 24.0 Å². The molecule has 1 aromatic carbocycles. The topological polar surface area (TPSA) is 57.1 Å². The number of nitrogens with one attached hydrogen (secondary N) is 1. The van der Waals surface area contributed by atoms with Gasteiger partial charge in [-0.25, -0.2) is 4.39 Å². The summed E-state index contributed by atoms with van der Waals surface area (Å²) in [5.41, 5.74) is 0.980. The molecule has 1 aromatic rings. The Labute approximate surface area is 185 Å². The summed E-state index contributed by atoms with van der Waals surface area (Å²) in [6.45, 7) is 9.44. The third-order valence-electron chi connectivity index (χ3n) is 4.87. The Morgan fingerprint density at radius 2 is 2.00 bits per heavy atom. The van der Waals surface area contributed by atoms with E-state index in [1.807, 2.05) is 0 Å². The van der Waals surface area contributed by atoms with Crippen molar-refractivity contribution in [3.05, 3.63) is 35.6 Å². The van der Waals surface area contributed by atoms with Gasteiger partial charge in [0.1, 0.15) is 11.9 Å². The largest absolute Gasteiger partial charge is 0.396 e. The molecule has 0 amide bonds. The second kappa shape index (κ2) is 13.3. The average Bonchev–Trinajstić information content (AvgIpc) is 2.65. The summed E-state index contributed by atoms with van der Waals surface area (Å²) in [4.78, 5) is 7.09. The molecule has 0 saturated carbocycles. The first-order valence-electron chi connectivity index (χ1n) is 10.1. The lowest BCUT2D eigenvalue weighted by atomic mass is 10.0. The lowest BCUT2D eigenvalue weighted by molar-refractivity contribution is -0.0605. The van der Waals surface area contributed by atoms with Crippen molar-refractivity contribution < 1.29 is 14.2 Å². The minimum Gasteiger partial charge on any atom is -0.396 e. The molecule has 7 heteroatoms. The van der Waals surface area contributed by atoms with Crippen LogP contribution in [0.1, 0.15) is 51.7 Å². The maximum Gasteiger partial charge on any atom is 0.194 e. The molecular weight excluding hydrogens is 472 g/mol. The lowest BCUT2D eigenvalue weighted by Crippen LogP contribution is -2.50. The number of benzene rings is 1. The minimum absolute atomic E-state index is 0. The maximum absolute atomic E-state index is 13.2. The average molecular weight is 507 g/mol. The third kappa shape index (κ3) is 7.83. The van der Waals surface area contributed by atoms with E-state index in [4.69, 9.17) is 9.73 Å². The van der Waals surface area contributed by atoms with Crippen LogP contribution in [0.2, 0.25) is 0 Å². The number of nitrogens with zero attached hydrogens (tertiary/aromatic N) is 2. The predicted molar refractivity (Wildman–Crippen MR) is 123 cm³/mol. The molecule has 1 aliphatic rings. The molecule has 3 unspecified atom stereocenters. The van der Waals surface area contributed by atoms with Crippen LogP contribution in [0, 0.1) is 11.7 Å². The van der Waals surface area contributed by atoms with Gasteiger partial charge < -0.3 is 20.1 Å². The quantitative estimate of drug-likeness (QED) is 0.318. The monoisotopic (exact) mass is 507 g/mol. The fourth-order valence-electron chi connectivity index (χ4n) is 3.55. The van der Waals surface area contributed by atoms with Crippen molar-refractivity contribution in [3.63, 3.8) is 0 Å². The second-order valence-corrected chi connectivity index (χ2v) is 7.25. The highest BCUT2D eigenvalue weighted by atomic mass is 127. The molecule has 2 N–H and O–H groups in total. The number of aliphatic imine (C=N–C) groups is 1. The number of aliphatic hydroxyl groups is 1. The highest BCUT2D eigenvalue weighted by Gasteiger charge is 2.28. The van der Waals surface area contributed by atoms with Crippen LogP contribution in [0.4, 0.5) is 4.39 Å². The van der Waals surface area contributed by atoms with Crippen molar-refractivity contribution in [3.8, 4) is 0 Å². The molecule has 1 heterocycles. The van der Waals surface area contributed by atoms with E-state index in [0.29, 0.717) is 19.0 Å². The van der Waals surface area contributed by atoms with Crippen LogP contribution in [-0.4, -0.2) is 54.9 Å². The van der Waals surface area contributed by atoms with Gasteiger partial charge in [0.25, 0.3) is 0 Å². The molecule has 160 valence electrons. The van der Waals surface area contributed by atoms with E-state index in [-0.39, 0.29) is 48.6 Å². The number of hydrogen-bond donors (Lipinski definition) is 2. The number of rotatable bonds is 8. The number of hydrogen-bond acceptors (Lipinski definition) is 3. The summed E-state index contributed by atoms with van der Waals surface area (Å²) in [6.07, 6.45) is 2.90. The SMILES string of the molecule is CCCC(CCO)CN=C(NCC)N1CC(C)OC(c2ccc(F)cc2)C1.I. The van der Waals surface area contributed by atoms with Gasteiger partial charge in [-0.1, -0.05) is 25.5 Å². The first kappa shape index (κ1) is 25.1. The van der Waals surface area contributed by atoms with Crippen molar-refractivity contribution in [2.24, 2.45) is 10.9 Å². The maximum atomic E-state index is 13.2. The summed E-state index contributed by atoms with van der Waals surface area (Å²) in [5, 5.41) is 12.7. The third-order valence-corrected chi connectivity index (χ3v) is 4.87. The number of guanidine groups is 1. The first-order chi connectivity index (χ1) is 13.1. The molecule has 1 saturated heterocycles. The summed E-state index contributed by atoms with van der Waals surface area (Å²) in [5.74, 6) is 1.05. The summed E-state index contributed by atoms with van der Waals surface area (Å²) in [7, 11) is 0. The molecule has 1 aliphatic heterocycles. The molecular formula is C21H35FIN3O2. The Morgan fingerprint density at radius 1 is 1.29 bits per heavy atom. The normalized spacial score (nSPS) is 21.2. The van der Waals surface area contributed by atoms with E-state index in [0.717, 1.165) is 43.9 Å². The molecule has 0 radical (unpaired) electrons. The molecule has 2 rings (SSSR count). The highest BCUT2D eigenvalue weighted by Crippen LogP contribution is 2.25. The fraction of sp³-hybridized carbons (Fsp3) is 0.667. The van der Waals surface area contributed by atoms with Crippen molar-refractivity contribution in [2.45, 2.75) is 52.2 Å². The second-order valence-electron chi connectivity index (χ2n) is 7.25. The molecule has 0 aromatic heterocycles. The van der Waals surface area contributed by atoms with E-state index < -0.39 is 0 Å². The van der Waals surface area contributed by atoms with Crippen molar-refractivity contribution >= 4 is 29.9 Å². The molecule has 5 nitrogen and oxygen atoms in total. The van der Waals surface area contributed by atoms with Gasteiger partial charge in [-0.15, -0.1) is 24.0 Å². The van der Waals surface area contributed by atoms with Gasteiger partial charge in [0.2, 0.25) is 0 Å². The van der Waals surface area contributed by atoms with Crippen LogP contribution in [0.5, 0.6) is 0 Å². The van der Waals surface area contributed by atoms with Crippen LogP contribution in [-0.2, 0) is 4.74 Å². The summed E-state index contributed by atoms with van der Waals surface area (Å²) in [6, 6.07) is 6.54. The number of aliphatic hydroxyl groups excluding tert-OH is 1. The van der Waals surface area contributed by atoms with Gasteiger partial charge in [0, 0.05) is 26.2 Å². The van der Waals surface area contributed by atoms with Gasteiger partial charge in [-0.3, -0.25) is 4.99 Å². The van der Waals surface area contributed by atoms with Crippen LogP contribution < -0.4 is 5.32 Å². The molecule has 0 aliphatic carbocycles. The standard InChI is InChI=1S/C21H34FN3O2.HI/c1-4-6-17(11-12-26)13-24-21(23-5-2)25-14-16(3)27-20(15-25)18-7-9-19(22)10-8-18;/h7-10,16-17,20,26H,4-6,11-15H2,1-3H3,(H,23,24);1H. The summed E-state index contributed by atoms with van der Waals surface area (Å²) >= 11 is 0. The Morgan fingerprint density at radius 3 is 2.61 bits per heavy atom. The van der Waals surface area contributed by atoms with Crippen LogP contribution in [0.3, 0.4) is 0 Å². The zero-order valence-corrected chi connectivity index (χ0v) is 19.6. The fourth-order valence-corrected chi connectivity index (χ4v) is 3.55. The van der Waals surface area contributed by atoms with Crippen LogP contribution in [0.25, 0.3) is 0 Å². The summed E-state index contributed by atoms with van der Waals surface area (Å²) < 4.78 is 19.3. The zero-order valence-electron chi connectivity index (χ0n) is 17.2. The first-order valence-corrected chi connectivity index (χ1v) is 10.1. The molecule has 0 spiro atoms. The number of ether oxygens (including phenoxy) is 1. The highest BCUT2D eigenvalue weighted by molar-refractivity contribution is 14.0. The van der Waals surface area contributed by atoms with Gasteiger partial charge in [-0.2, -0.15) is 0 Å². The Balaban J connectivity index is 0.00000392. The molecule has 3 atom stereocenters. The Hall–Kier alpha value is -0.930. The van der Waals surface area contributed by atoms with E-state index in [1.165, 1.54) is 12.1 Å². The molecule has 28 heavy (non-hydrogen) atoms. The minimum atomic E-state index is -0.236. The van der Waals surface area contributed by atoms with Gasteiger partial charge in [0.05, 0.1) is 12.6 Å². The van der Waals surface area contributed by atoms with E-state index in [2.05, 4.69) is 31.0 Å². The predicted octanol–water partition coefficient (Wildman–Crippen LogP) is 3.97. The van der Waals surface area contributed by atoms with Gasteiger partial charge >= 0.3 is 0 Å². The van der Waals surface area contributed by atoms with Gasteiger partial charge in [-0.05, 0) is 50.3 Å². The number of morpholine rings is 1. The smallest absolute Gasteiger partial charge is 0.194 e. The Kier molecular flexibility index (Phi) is 11.9. The molecule has 1 fully saturated rings. The van der Waals surface area contributed by atoms with Crippen LogP contribution in [0.15, 0.2) is 29.3 Å². The van der Waals surface area contributed by atoms with E-state index in [9.17, 15) is 9.50 Å². The zero-order chi connectivity index (χ0) is 19.6. The van der Waals surface area contributed by atoms with Crippen molar-refractivity contribution in [1.29, 1.82) is 0 Å².